The number of fused-ring (bicyclic) bond motifs is 2. The second-order valence-corrected chi connectivity index (χ2v) is 7.92. The molecule has 4 aromatic heterocycles. The highest BCUT2D eigenvalue weighted by molar-refractivity contribution is 6.01. The van der Waals surface area contributed by atoms with Crippen molar-refractivity contribution in [3.05, 3.63) is 90.8 Å². The van der Waals surface area contributed by atoms with Crippen molar-refractivity contribution in [2.24, 2.45) is 0 Å². The Morgan fingerprint density at radius 1 is 0.781 bits per heavy atom. The molecule has 0 amide bonds. The standard InChI is InChI=1S/C26H18FN5/c1-15-7-18(9-19(27)8-15)22-13-29-14-25-20(22)11-24(30-25)26-21-10-16(4-5-23(21)31-32-26)17-3-2-6-28-12-17/h2-14,30H,1H3,(H,31,32). The van der Waals surface area contributed by atoms with E-state index in [0.717, 1.165) is 61.0 Å². The molecule has 0 unspecified atom stereocenters. The summed E-state index contributed by atoms with van der Waals surface area (Å²) < 4.78 is 14.0. The number of nitrogens with one attached hydrogen (secondary N) is 2. The summed E-state index contributed by atoms with van der Waals surface area (Å²) in [5, 5.41) is 9.67. The molecule has 0 aliphatic rings. The molecular weight excluding hydrogens is 401 g/mol. The van der Waals surface area contributed by atoms with Gasteiger partial charge in [0, 0.05) is 40.5 Å². The lowest BCUT2D eigenvalue weighted by atomic mass is 10.0. The van der Waals surface area contributed by atoms with Crippen molar-refractivity contribution in [1.82, 2.24) is 25.1 Å². The topological polar surface area (TPSA) is 70.2 Å². The molecule has 0 saturated heterocycles. The van der Waals surface area contributed by atoms with Crippen molar-refractivity contribution < 1.29 is 4.39 Å². The highest BCUT2D eigenvalue weighted by Crippen LogP contribution is 2.35. The van der Waals surface area contributed by atoms with Gasteiger partial charge in [0.05, 0.1) is 22.9 Å². The minimum atomic E-state index is -0.256. The zero-order valence-electron chi connectivity index (χ0n) is 17.2. The third-order valence-electron chi connectivity index (χ3n) is 5.71. The summed E-state index contributed by atoms with van der Waals surface area (Å²) >= 11 is 0. The first-order valence-corrected chi connectivity index (χ1v) is 10.3. The predicted molar refractivity (Wildman–Crippen MR) is 125 cm³/mol. The average molecular weight is 419 g/mol. The van der Waals surface area contributed by atoms with Gasteiger partial charge in [0.25, 0.3) is 0 Å². The van der Waals surface area contributed by atoms with Gasteiger partial charge in [0.1, 0.15) is 11.5 Å². The predicted octanol–water partition coefficient (Wildman–Crippen LogP) is 6.28. The van der Waals surface area contributed by atoms with Crippen LogP contribution in [0.4, 0.5) is 4.39 Å². The average Bonchev–Trinajstić information content (AvgIpc) is 3.42. The van der Waals surface area contributed by atoms with Gasteiger partial charge in [-0.2, -0.15) is 5.10 Å². The fourth-order valence-electron chi connectivity index (χ4n) is 4.23. The molecule has 6 aromatic rings. The molecule has 154 valence electrons. The van der Waals surface area contributed by atoms with Crippen molar-refractivity contribution in [2.75, 3.05) is 0 Å². The normalized spacial score (nSPS) is 11.4. The Labute approximate surface area is 183 Å². The minimum Gasteiger partial charge on any atom is -0.352 e. The number of halogens is 1. The Hall–Kier alpha value is -4.32. The lowest BCUT2D eigenvalue weighted by Crippen LogP contribution is -1.85. The highest BCUT2D eigenvalue weighted by Gasteiger charge is 2.15. The molecule has 0 atom stereocenters. The maximum Gasteiger partial charge on any atom is 0.124 e. The Morgan fingerprint density at radius 2 is 1.72 bits per heavy atom. The molecule has 0 aliphatic heterocycles. The van der Waals surface area contributed by atoms with E-state index in [2.05, 4.69) is 43.3 Å². The van der Waals surface area contributed by atoms with Gasteiger partial charge in [-0.25, -0.2) is 4.39 Å². The van der Waals surface area contributed by atoms with Gasteiger partial charge in [-0.3, -0.25) is 15.1 Å². The Morgan fingerprint density at radius 3 is 2.56 bits per heavy atom. The highest BCUT2D eigenvalue weighted by atomic mass is 19.1. The number of hydrogen-bond donors (Lipinski definition) is 2. The monoisotopic (exact) mass is 419 g/mol. The van der Waals surface area contributed by atoms with E-state index in [1.807, 2.05) is 37.4 Å². The molecule has 0 saturated carbocycles. The largest absolute Gasteiger partial charge is 0.352 e. The molecule has 5 nitrogen and oxygen atoms in total. The number of benzene rings is 2. The third kappa shape index (κ3) is 3.04. The smallest absolute Gasteiger partial charge is 0.124 e. The summed E-state index contributed by atoms with van der Waals surface area (Å²) in [6, 6.07) is 17.3. The summed E-state index contributed by atoms with van der Waals surface area (Å²) in [5.74, 6) is -0.256. The number of H-pyrrole nitrogens is 2. The Balaban J connectivity index is 1.52. The van der Waals surface area contributed by atoms with Crippen molar-refractivity contribution >= 4 is 21.8 Å². The first-order valence-electron chi connectivity index (χ1n) is 10.3. The number of hydrogen-bond acceptors (Lipinski definition) is 3. The van der Waals surface area contributed by atoms with E-state index in [1.54, 1.807) is 24.7 Å². The first kappa shape index (κ1) is 18.4. The molecule has 0 aliphatic carbocycles. The van der Waals surface area contributed by atoms with Crippen molar-refractivity contribution in [1.29, 1.82) is 0 Å². The van der Waals surface area contributed by atoms with Gasteiger partial charge >= 0.3 is 0 Å². The fraction of sp³-hybridized carbons (Fsp3) is 0.0385. The van der Waals surface area contributed by atoms with E-state index < -0.39 is 0 Å². The zero-order valence-corrected chi connectivity index (χ0v) is 17.2. The molecule has 0 radical (unpaired) electrons. The van der Waals surface area contributed by atoms with Crippen LogP contribution in [-0.2, 0) is 0 Å². The van der Waals surface area contributed by atoms with E-state index in [0.29, 0.717) is 0 Å². The van der Waals surface area contributed by atoms with E-state index in [9.17, 15) is 4.39 Å². The number of aromatic amines is 2. The molecule has 0 bridgehead atoms. The molecule has 4 heterocycles. The van der Waals surface area contributed by atoms with Crippen LogP contribution in [0.25, 0.3) is 55.4 Å². The number of pyridine rings is 2. The summed E-state index contributed by atoms with van der Waals surface area (Å²) in [4.78, 5) is 12.0. The zero-order chi connectivity index (χ0) is 21.7. The Bertz CT molecular complexity index is 1580. The molecule has 0 spiro atoms. The minimum absolute atomic E-state index is 0.256. The fourth-order valence-corrected chi connectivity index (χ4v) is 4.23. The summed E-state index contributed by atoms with van der Waals surface area (Å²) in [6.07, 6.45) is 7.17. The molecular formula is C26H18FN5. The number of aromatic nitrogens is 5. The van der Waals surface area contributed by atoms with Gasteiger partial charge in [-0.05, 0) is 60.0 Å². The van der Waals surface area contributed by atoms with Crippen molar-refractivity contribution in [2.45, 2.75) is 6.92 Å². The third-order valence-corrected chi connectivity index (χ3v) is 5.71. The van der Waals surface area contributed by atoms with Crippen LogP contribution >= 0.6 is 0 Å². The van der Waals surface area contributed by atoms with Crippen LogP contribution in [0, 0.1) is 12.7 Å². The molecule has 2 aromatic carbocycles. The van der Waals surface area contributed by atoms with Crippen LogP contribution in [0.3, 0.4) is 0 Å². The van der Waals surface area contributed by atoms with Gasteiger partial charge in [-0.1, -0.05) is 18.2 Å². The number of rotatable bonds is 3. The van der Waals surface area contributed by atoms with Crippen LogP contribution < -0.4 is 0 Å². The molecule has 32 heavy (non-hydrogen) atoms. The van der Waals surface area contributed by atoms with Crippen LogP contribution in [0.2, 0.25) is 0 Å². The summed E-state index contributed by atoms with van der Waals surface area (Å²) in [5.41, 5.74) is 8.19. The van der Waals surface area contributed by atoms with Crippen LogP contribution in [0.15, 0.2) is 79.4 Å². The lowest BCUT2D eigenvalue weighted by molar-refractivity contribution is 0.627. The van der Waals surface area contributed by atoms with Crippen LogP contribution in [0.5, 0.6) is 0 Å². The Kier molecular flexibility index (Phi) is 4.11. The van der Waals surface area contributed by atoms with E-state index >= 15 is 0 Å². The van der Waals surface area contributed by atoms with Gasteiger partial charge in [0.15, 0.2) is 0 Å². The number of aryl methyl sites for hydroxylation is 1. The van der Waals surface area contributed by atoms with E-state index in [1.165, 1.54) is 6.07 Å². The maximum absolute atomic E-state index is 14.0. The van der Waals surface area contributed by atoms with Crippen LogP contribution in [-0.4, -0.2) is 25.1 Å². The van der Waals surface area contributed by atoms with Crippen molar-refractivity contribution in [3.63, 3.8) is 0 Å². The van der Waals surface area contributed by atoms with Gasteiger partial charge < -0.3 is 4.98 Å². The van der Waals surface area contributed by atoms with Crippen molar-refractivity contribution in [3.8, 4) is 33.6 Å². The van der Waals surface area contributed by atoms with E-state index in [4.69, 9.17) is 0 Å². The maximum atomic E-state index is 14.0. The molecule has 6 rings (SSSR count). The lowest BCUT2D eigenvalue weighted by Gasteiger charge is -2.05. The summed E-state index contributed by atoms with van der Waals surface area (Å²) in [6.45, 7) is 1.89. The quantitative estimate of drug-likeness (QED) is 0.354. The van der Waals surface area contributed by atoms with Gasteiger partial charge in [-0.15, -0.1) is 0 Å². The second kappa shape index (κ2) is 7.13. The SMILES string of the molecule is Cc1cc(F)cc(-c2cncc3[nH]c(-c4n[nH]c5ccc(-c6cccnc6)cc45)cc23)c1. The second-order valence-electron chi connectivity index (χ2n) is 7.92. The molecule has 6 heteroatoms. The first-order chi connectivity index (χ1) is 15.7. The van der Waals surface area contributed by atoms with E-state index in [-0.39, 0.29) is 5.82 Å². The summed E-state index contributed by atoms with van der Waals surface area (Å²) in [7, 11) is 0. The van der Waals surface area contributed by atoms with Crippen LogP contribution in [0.1, 0.15) is 5.56 Å². The van der Waals surface area contributed by atoms with Gasteiger partial charge in [0.2, 0.25) is 0 Å². The molecule has 2 N–H and O–H groups in total. The molecule has 0 fully saturated rings. The number of nitrogens with zero attached hydrogens (tertiary/aromatic N) is 3.